The summed E-state index contributed by atoms with van der Waals surface area (Å²) in [6, 6.07) is 9.42. The maximum Gasteiger partial charge on any atom is 0.416 e. The predicted octanol–water partition coefficient (Wildman–Crippen LogP) is 5.81. The average molecular weight is 518 g/mol. The number of likely N-dealkylation sites (tertiary alicyclic amines) is 1. The Hall–Kier alpha value is -2.09. The maximum atomic E-state index is 12.9. The molecule has 1 aromatic heterocycles. The summed E-state index contributed by atoms with van der Waals surface area (Å²) in [5, 5.41) is 2.90. The number of alkyl halides is 3. The maximum absolute atomic E-state index is 12.9. The number of pyridine rings is 1. The molecule has 1 N–H and O–H groups in total. The molecule has 1 amide bonds. The molecule has 0 bridgehead atoms. The van der Waals surface area contributed by atoms with Gasteiger partial charge in [-0.2, -0.15) is 13.2 Å². The van der Waals surface area contributed by atoms with Crippen molar-refractivity contribution in [1.29, 1.82) is 0 Å². The molecule has 1 saturated heterocycles. The van der Waals surface area contributed by atoms with E-state index >= 15 is 0 Å². The molecule has 188 valence electrons. The van der Waals surface area contributed by atoms with E-state index in [2.05, 4.69) is 15.2 Å². The normalized spacial score (nSPS) is 14.9. The van der Waals surface area contributed by atoms with Crippen molar-refractivity contribution in [2.45, 2.75) is 38.3 Å². The van der Waals surface area contributed by atoms with E-state index in [0.29, 0.717) is 18.9 Å². The topological polar surface area (TPSA) is 45.2 Å². The molecule has 1 aromatic carbocycles. The SMILES string of the molecule is Cl.Cl.O=C(/C=C/c1cccnc1)NCCCCN1CCC(Cc2cccc(C(F)(F)F)c2)CC1. The number of nitrogens with zero attached hydrogens (tertiary/aromatic N) is 2. The van der Waals surface area contributed by atoms with Crippen molar-refractivity contribution in [3.63, 3.8) is 0 Å². The highest BCUT2D eigenvalue weighted by Gasteiger charge is 2.30. The van der Waals surface area contributed by atoms with Crippen molar-refractivity contribution >= 4 is 36.8 Å². The van der Waals surface area contributed by atoms with E-state index < -0.39 is 11.7 Å². The lowest BCUT2D eigenvalue weighted by Gasteiger charge is -2.32. The van der Waals surface area contributed by atoms with Gasteiger partial charge in [0, 0.05) is 25.0 Å². The highest BCUT2D eigenvalue weighted by Crippen LogP contribution is 2.31. The van der Waals surface area contributed by atoms with Gasteiger partial charge >= 0.3 is 6.18 Å². The van der Waals surface area contributed by atoms with Crippen LogP contribution >= 0.6 is 24.8 Å². The summed E-state index contributed by atoms with van der Waals surface area (Å²) in [5.41, 5.74) is 1.10. The zero-order chi connectivity index (χ0) is 22.8. The molecule has 2 aromatic rings. The Kier molecular flexibility index (Phi) is 13.2. The number of benzene rings is 1. The Labute approximate surface area is 211 Å². The zero-order valence-electron chi connectivity index (χ0n) is 19.0. The minimum atomic E-state index is -4.28. The third-order valence-corrected chi connectivity index (χ3v) is 5.80. The van der Waals surface area contributed by atoms with Crippen LogP contribution in [0.2, 0.25) is 0 Å². The van der Waals surface area contributed by atoms with Gasteiger partial charge < -0.3 is 10.2 Å². The van der Waals surface area contributed by atoms with Gasteiger partial charge in [0.05, 0.1) is 5.56 Å². The Morgan fingerprint density at radius 3 is 2.56 bits per heavy atom. The molecule has 4 nitrogen and oxygen atoms in total. The molecule has 0 spiro atoms. The van der Waals surface area contributed by atoms with Crippen molar-refractivity contribution in [3.8, 4) is 0 Å². The molecule has 1 aliphatic heterocycles. The fraction of sp³-hybridized carbons (Fsp3) is 0.440. The minimum absolute atomic E-state index is 0. The number of rotatable bonds is 9. The third kappa shape index (κ3) is 10.5. The predicted molar refractivity (Wildman–Crippen MR) is 134 cm³/mol. The van der Waals surface area contributed by atoms with Gasteiger partial charge in [-0.15, -0.1) is 24.8 Å². The number of unbranched alkanes of at least 4 members (excludes halogenated alkanes) is 1. The molecule has 0 unspecified atom stereocenters. The fourth-order valence-electron chi connectivity index (χ4n) is 4.00. The van der Waals surface area contributed by atoms with E-state index in [1.165, 1.54) is 18.2 Å². The summed E-state index contributed by atoms with van der Waals surface area (Å²) >= 11 is 0. The molecule has 34 heavy (non-hydrogen) atoms. The summed E-state index contributed by atoms with van der Waals surface area (Å²) in [5.74, 6) is 0.324. The van der Waals surface area contributed by atoms with E-state index in [0.717, 1.165) is 62.5 Å². The van der Waals surface area contributed by atoms with Crippen LogP contribution in [0.4, 0.5) is 13.2 Å². The van der Waals surface area contributed by atoms with Crippen LogP contribution in [-0.4, -0.2) is 42.0 Å². The van der Waals surface area contributed by atoms with Crippen LogP contribution in [0.3, 0.4) is 0 Å². The fourth-order valence-corrected chi connectivity index (χ4v) is 4.00. The molecule has 0 aliphatic carbocycles. The van der Waals surface area contributed by atoms with Gasteiger partial charge in [-0.25, -0.2) is 0 Å². The second-order valence-corrected chi connectivity index (χ2v) is 8.31. The first-order valence-electron chi connectivity index (χ1n) is 11.1. The molecule has 0 saturated carbocycles. The molecular weight excluding hydrogens is 486 g/mol. The largest absolute Gasteiger partial charge is 0.416 e. The molecule has 0 atom stereocenters. The number of aromatic nitrogens is 1. The molecule has 1 aliphatic rings. The Bertz CT molecular complexity index is 886. The van der Waals surface area contributed by atoms with Crippen molar-refractivity contribution < 1.29 is 18.0 Å². The van der Waals surface area contributed by atoms with Crippen LogP contribution in [0.1, 0.15) is 42.4 Å². The molecule has 0 radical (unpaired) electrons. The van der Waals surface area contributed by atoms with Crippen molar-refractivity contribution in [2.24, 2.45) is 5.92 Å². The number of halogens is 5. The lowest BCUT2D eigenvalue weighted by molar-refractivity contribution is -0.137. The average Bonchev–Trinajstić information content (AvgIpc) is 2.79. The summed E-state index contributed by atoms with van der Waals surface area (Å²) in [7, 11) is 0. The third-order valence-electron chi connectivity index (χ3n) is 5.80. The lowest BCUT2D eigenvalue weighted by atomic mass is 9.89. The van der Waals surface area contributed by atoms with E-state index in [1.807, 2.05) is 12.1 Å². The van der Waals surface area contributed by atoms with Crippen LogP contribution in [-0.2, 0) is 17.4 Å². The van der Waals surface area contributed by atoms with Gasteiger partial charge in [-0.3, -0.25) is 9.78 Å². The van der Waals surface area contributed by atoms with Crippen molar-refractivity contribution in [1.82, 2.24) is 15.2 Å². The number of amides is 1. The van der Waals surface area contributed by atoms with Gasteiger partial charge in [-0.05, 0) is 87.0 Å². The monoisotopic (exact) mass is 517 g/mol. The Balaban J connectivity index is 0.00000289. The first kappa shape index (κ1) is 29.9. The van der Waals surface area contributed by atoms with Gasteiger partial charge in [0.25, 0.3) is 0 Å². The molecule has 3 rings (SSSR count). The standard InChI is InChI=1S/C25H30F3N3O.2ClH/c26-25(27,28)23-7-3-5-22(18-23)17-20-10-15-31(16-11-20)14-2-1-13-30-24(32)9-8-21-6-4-12-29-19-21;;/h3-9,12,18-20H,1-2,10-11,13-17H2,(H,30,32);2*1H/b9-8+;;. The zero-order valence-corrected chi connectivity index (χ0v) is 20.6. The number of hydrogen-bond donors (Lipinski definition) is 1. The minimum Gasteiger partial charge on any atom is -0.353 e. The second kappa shape index (κ2) is 15.0. The summed E-state index contributed by atoms with van der Waals surface area (Å²) in [6.07, 6.45) is 7.01. The summed E-state index contributed by atoms with van der Waals surface area (Å²) in [6.45, 7) is 3.58. The number of hydrogen-bond acceptors (Lipinski definition) is 3. The van der Waals surface area contributed by atoms with Crippen LogP contribution in [0.5, 0.6) is 0 Å². The Morgan fingerprint density at radius 1 is 1.12 bits per heavy atom. The first-order valence-corrected chi connectivity index (χ1v) is 11.1. The van der Waals surface area contributed by atoms with Gasteiger partial charge in [0.1, 0.15) is 0 Å². The van der Waals surface area contributed by atoms with E-state index in [-0.39, 0.29) is 30.7 Å². The summed E-state index contributed by atoms with van der Waals surface area (Å²) < 4.78 is 38.7. The molecular formula is C25H32Cl2F3N3O. The van der Waals surface area contributed by atoms with Gasteiger partial charge in [-0.1, -0.05) is 24.3 Å². The molecule has 1 fully saturated rings. The van der Waals surface area contributed by atoms with Gasteiger partial charge in [0.2, 0.25) is 5.91 Å². The van der Waals surface area contributed by atoms with Crippen LogP contribution in [0.25, 0.3) is 6.08 Å². The molecule has 2 heterocycles. The highest BCUT2D eigenvalue weighted by atomic mass is 35.5. The number of nitrogens with one attached hydrogen (secondary N) is 1. The van der Waals surface area contributed by atoms with Crippen molar-refractivity contribution in [2.75, 3.05) is 26.2 Å². The first-order chi connectivity index (χ1) is 15.4. The van der Waals surface area contributed by atoms with Gasteiger partial charge in [0.15, 0.2) is 0 Å². The Morgan fingerprint density at radius 2 is 1.88 bits per heavy atom. The van der Waals surface area contributed by atoms with E-state index in [4.69, 9.17) is 0 Å². The lowest BCUT2D eigenvalue weighted by Crippen LogP contribution is -2.35. The number of carbonyl (C=O) groups is 1. The van der Waals surface area contributed by atoms with Crippen LogP contribution < -0.4 is 5.32 Å². The smallest absolute Gasteiger partial charge is 0.353 e. The number of carbonyl (C=O) groups excluding carboxylic acids is 1. The quantitative estimate of drug-likeness (QED) is 0.337. The summed E-state index contributed by atoms with van der Waals surface area (Å²) in [4.78, 5) is 18.3. The van der Waals surface area contributed by atoms with E-state index in [1.54, 1.807) is 24.5 Å². The highest BCUT2D eigenvalue weighted by molar-refractivity contribution is 5.91. The number of piperidine rings is 1. The second-order valence-electron chi connectivity index (χ2n) is 8.31. The molecule has 9 heteroatoms. The van der Waals surface area contributed by atoms with E-state index in [9.17, 15) is 18.0 Å². The van der Waals surface area contributed by atoms with Crippen LogP contribution in [0.15, 0.2) is 54.9 Å². The van der Waals surface area contributed by atoms with Crippen LogP contribution in [0, 0.1) is 5.92 Å². The van der Waals surface area contributed by atoms with Crippen molar-refractivity contribution in [3.05, 3.63) is 71.6 Å².